The highest BCUT2D eigenvalue weighted by atomic mass is 127. The fourth-order valence-corrected chi connectivity index (χ4v) is 1.93. The minimum atomic E-state index is 1.05. The molecule has 1 nitrogen and oxygen atoms in total. The second-order valence-electron chi connectivity index (χ2n) is 1.30. The van der Waals surface area contributed by atoms with E-state index < -0.39 is 0 Å². The highest BCUT2D eigenvalue weighted by molar-refractivity contribution is 14.1. The van der Waals surface area contributed by atoms with Crippen LogP contribution in [0.3, 0.4) is 0 Å². The van der Waals surface area contributed by atoms with Crippen molar-refractivity contribution in [3.8, 4) is 0 Å². The molecule has 1 rings (SSSR count). The molecule has 1 aromatic heterocycles. The number of aromatic nitrogens is 1. The van der Waals surface area contributed by atoms with Crippen LogP contribution in [0.4, 0.5) is 0 Å². The molecule has 42 valence electrons. The van der Waals surface area contributed by atoms with E-state index in [-0.39, 0.29) is 0 Å². The molecule has 0 radical (unpaired) electrons. The van der Waals surface area contributed by atoms with E-state index in [1.165, 1.54) is 3.57 Å². The molecule has 0 bridgehead atoms. The van der Waals surface area contributed by atoms with E-state index in [1.807, 2.05) is 18.3 Å². The van der Waals surface area contributed by atoms with Gasteiger partial charge in [-0.25, -0.2) is 0 Å². The summed E-state index contributed by atoms with van der Waals surface area (Å²) in [5.41, 5.74) is 0. The zero-order valence-corrected chi connectivity index (χ0v) is 8.25. The van der Waals surface area contributed by atoms with Gasteiger partial charge >= 0.3 is 0 Å². The monoisotopic (exact) mass is 331 g/mol. The molecule has 0 aliphatic carbocycles. The number of hydrogen-bond acceptors (Lipinski definition) is 1. The zero-order chi connectivity index (χ0) is 5.98. The van der Waals surface area contributed by atoms with E-state index in [9.17, 15) is 0 Å². The molecule has 0 unspecified atom stereocenters. The number of nitrogens with zero attached hydrogens (tertiary/aromatic N) is 1. The minimum absolute atomic E-state index is 1.05. The third-order valence-electron chi connectivity index (χ3n) is 0.689. The molecule has 0 aliphatic rings. The average molecular weight is 331 g/mol. The van der Waals surface area contributed by atoms with Crippen molar-refractivity contribution < 1.29 is 0 Å². The van der Waals surface area contributed by atoms with E-state index in [2.05, 4.69) is 50.2 Å². The molecule has 0 aromatic carbocycles. The Bertz CT molecular complexity index is 170. The van der Waals surface area contributed by atoms with E-state index >= 15 is 0 Å². The normalized spacial score (nSPS) is 9.25. The van der Waals surface area contributed by atoms with Crippen LogP contribution >= 0.6 is 45.2 Å². The highest BCUT2D eigenvalue weighted by Gasteiger charge is 1.85. The lowest BCUT2D eigenvalue weighted by Crippen LogP contribution is -1.77. The van der Waals surface area contributed by atoms with E-state index in [0.29, 0.717) is 0 Å². The SMILES string of the molecule is Ic1ccnc(I)c1. The van der Waals surface area contributed by atoms with Crippen molar-refractivity contribution in [2.75, 3.05) is 0 Å². The first-order chi connectivity index (χ1) is 3.79. The predicted octanol–water partition coefficient (Wildman–Crippen LogP) is 2.29. The van der Waals surface area contributed by atoms with Gasteiger partial charge in [-0.05, 0) is 57.3 Å². The summed E-state index contributed by atoms with van der Waals surface area (Å²) < 4.78 is 2.29. The van der Waals surface area contributed by atoms with Crippen molar-refractivity contribution in [3.63, 3.8) is 0 Å². The van der Waals surface area contributed by atoms with Crippen LogP contribution in [-0.4, -0.2) is 4.98 Å². The summed E-state index contributed by atoms with van der Waals surface area (Å²) in [4.78, 5) is 4.02. The first-order valence-corrected chi connectivity index (χ1v) is 4.22. The van der Waals surface area contributed by atoms with Crippen LogP contribution in [0.15, 0.2) is 18.3 Å². The Hall–Kier alpha value is 0.610. The predicted molar refractivity (Wildman–Crippen MR) is 49.7 cm³/mol. The van der Waals surface area contributed by atoms with Gasteiger partial charge in [0.15, 0.2) is 0 Å². The molecule has 3 heteroatoms. The van der Waals surface area contributed by atoms with Gasteiger partial charge in [-0.2, -0.15) is 0 Å². The van der Waals surface area contributed by atoms with Crippen molar-refractivity contribution in [2.45, 2.75) is 0 Å². The smallest absolute Gasteiger partial charge is 0.102 e. The molecule has 0 aliphatic heterocycles. The summed E-state index contributed by atoms with van der Waals surface area (Å²) in [5, 5.41) is 0. The standard InChI is InChI=1S/C5H3I2N/c6-4-1-2-8-5(7)3-4/h1-3H. The molecule has 0 spiro atoms. The Morgan fingerprint density at radius 2 is 2.12 bits per heavy atom. The van der Waals surface area contributed by atoms with Crippen molar-refractivity contribution in [1.82, 2.24) is 4.98 Å². The number of halogens is 2. The van der Waals surface area contributed by atoms with Gasteiger partial charge in [0.2, 0.25) is 0 Å². The summed E-state index contributed by atoms with van der Waals surface area (Å²) in [6.45, 7) is 0. The number of rotatable bonds is 0. The molecule has 0 fully saturated rings. The largest absolute Gasteiger partial charge is 0.250 e. The van der Waals surface area contributed by atoms with Gasteiger partial charge in [0.05, 0.1) is 0 Å². The molecular weight excluding hydrogens is 328 g/mol. The number of hydrogen-bond donors (Lipinski definition) is 0. The quantitative estimate of drug-likeness (QED) is 0.525. The van der Waals surface area contributed by atoms with Gasteiger partial charge in [-0.1, -0.05) is 0 Å². The van der Waals surface area contributed by atoms with Gasteiger partial charge in [0.1, 0.15) is 3.70 Å². The van der Waals surface area contributed by atoms with Crippen LogP contribution in [0.1, 0.15) is 0 Å². The lowest BCUT2D eigenvalue weighted by Gasteiger charge is -1.86. The van der Waals surface area contributed by atoms with Gasteiger partial charge < -0.3 is 0 Å². The third-order valence-corrected chi connectivity index (χ3v) is 1.95. The van der Waals surface area contributed by atoms with Crippen molar-refractivity contribution >= 4 is 45.2 Å². The summed E-state index contributed by atoms with van der Waals surface area (Å²) in [5.74, 6) is 0. The first-order valence-electron chi connectivity index (χ1n) is 2.06. The maximum atomic E-state index is 4.02. The van der Waals surface area contributed by atoms with Gasteiger partial charge in [0, 0.05) is 9.77 Å². The van der Waals surface area contributed by atoms with E-state index in [4.69, 9.17) is 0 Å². The molecule has 0 saturated heterocycles. The Balaban J connectivity index is 3.08. The summed E-state index contributed by atoms with van der Waals surface area (Å²) in [6.07, 6.45) is 1.81. The van der Waals surface area contributed by atoms with Crippen molar-refractivity contribution in [1.29, 1.82) is 0 Å². The molecule has 1 aromatic rings. The van der Waals surface area contributed by atoms with Crippen LogP contribution in [0.2, 0.25) is 0 Å². The van der Waals surface area contributed by atoms with Crippen LogP contribution in [0, 0.1) is 7.27 Å². The number of pyridine rings is 1. The average Bonchev–Trinajstić information content (AvgIpc) is 1.64. The van der Waals surface area contributed by atoms with Crippen LogP contribution < -0.4 is 0 Å². The van der Waals surface area contributed by atoms with Gasteiger partial charge in [-0.15, -0.1) is 0 Å². The Kier molecular flexibility index (Phi) is 2.48. The summed E-state index contributed by atoms with van der Waals surface area (Å²) in [7, 11) is 0. The lowest BCUT2D eigenvalue weighted by molar-refractivity contribution is 1.26. The second-order valence-corrected chi connectivity index (χ2v) is 3.65. The maximum Gasteiger partial charge on any atom is 0.102 e. The Labute approximate surface area is 75.2 Å². The minimum Gasteiger partial charge on any atom is -0.250 e. The van der Waals surface area contributed by atoms with E-state index in [0.717, 1.165) is 3.70 Å². The van der Waals surface area contributed by atoms with Crippen LogP contribution in [-0.2, 0) is 0 Å². The van der Waals surface area contributed by atoms with Gasteiger partial charge in [-0.3, -0.25) is 4.98 Å². The molecule has 0 atom stereocenters. The second kappa shape index (κ2) is 2.95. The molecule has 8 heavy (non-hydrogen) atoms. The molecule has 0 N–H and O–H groups in total. The molecule has 0 saturated carbocycles. The topological polar surface area (TPSA) is 12.9 Å². The summed E-state index contributed by atoms with van der Waals surface area (Å²) >= 11 is 4.45. The molecule has 0 amide bonds. The fraction of sp³-hybridized carbons (Fsp3) is 0. The molecular formula is C5H3I2N. The maximum absolute atomic E-state index is 4.02. The van der Waals surface area contributed by atoms with Crippen LogP contribution in [0.5, 0.6) is 0 Å². The first kappa shape index (κ1) is 6.73. The Morgan fingerprint density at radius 1 is 1.38 bits per heavy atom. The molecule has 1 heterocycles. The fourth-order valence-electron chi connectivity index (χ4n) is 0.379. The highest BCUT2D eigenvalue weighted by Crippen LogP contribution is 2.05. The zero-order valence-electron chi connectivity index (χ0n) is 3.94. The lowest BCUT2D eigenvalue weighted by atomic mass is 10.5. The third kappa shape index (κ3) is 1.85. The van der Waals surface area contributed by atoms with Crippen molar-refractivity contribution in [3.05, 3.63) is 25.6 Å². The van der Waals surface area contributed by atoms with Crippen LogP contribution in [0.25, 0.3) is 0 Å². The van der Waals surface area contributed by atoms with E-state index in [1.54, 1.807) is 0 Å². The summed E-state index contributed by atoms with van der Waals surface area (Å²) in [6, 6.07) is 4.00. The Morgan fingerprint density at radius 3 is 2.50 bits per heavy atom. The van der Waals surface area contributed by atoms with Crippen molar-refractivity contribution in [2.24, 2.45) is 0 Å². The van der Waals surface area contributed by atoms with Gasteiger partial charge in [0.25, 0.3) is 0 Å².